The number of nitrogens with zero attached hydrogens (tertiary/aromatic N) is 2. The zero-order valence-electron chi connectivity index (χ0n) is 11.0. The van der Waals surface area contributed by atoms with Gasteiger partial charge in [-0.25, -0.2) is 0 Å². The summed E-state index contributed by atoms with van der Waals surface area (Å²) in [5.74, 6) is 0. The highest BCUT2D eigenvalue weighted by atomic mass is 15.2. The molecular formula is C12H27N3. The van der Waals surface area contributed by atoms with E-state index in [1.54, 1.807) is 0 Å². The lowest BCUT2D eigenvalue weighted by molar-refractivity contribution is 0.160. The Morgan fingerprint density at radius 1 is 1.47 bits per heavy atom. The van der Waals surface area contributed by atoms with Crippen molar-refractivity contribution in [3.05, 3.63) is 0 Å². The molecule has 0 aliphatic carbocycles. The summed E-state index contributed by atoms with van der Waals surface area (Å²) < 4.78 is 0. The molecule has 1 saturated heterocycles. The summed E-state index contributed by atoms with van der Waals surface area (Å²) in [7, 11) is 6.50. The average molecular weight is 213 g/mol. The number of likely N-dealkylation sites (tertiary alicyclic amines) is 1. The molecule has 15 heavy (non-hydrogen) atoms. The first-order chi connectivity index (χ1) is 6.99. The van der Waals surface area contributed by atoms with E-state index in [4.69, 9.17) is 0 Å². The molecule has 1 aliphatic heterocycles. The highest BCUT2D eigenvalue weighted by Crippen LogP contribution is 2.15. The minimum absolute atomic E-state index is 0.598. The fourth-order valence-corrected chi connectivity index (χ4v) is 2.44. The highest BCUT2D eigenvalue weighted by Gasteiger charge is 2.23. The second-order valence-corrected chi connectivity index (χ2v) is 5.38. The van der Waals surface area contributed by atoms with Gasteiger partial charge in [-0.2, -0.15) is 0 Å². The van der Waals surface area contributed by atoms with Gasteiger partial charge in [-0.15, -0.1) is 0 Å². The van der Waals surface area contributed by atoms with Gasteiger partial charge >= 0.3 is 0 Å². The average Bonchev–Trinajstić information content (AvgIpc) is 2.10. The SMILES string of the molecule is CC(CN(C)C)NC1CCN(C)C(C)C1. The van der Waals surface area contributed by atoms with Crippen LogP contribution >= 0.6 is 0 Å². The topological polar surface area (TPSA) is 18.5 Å². The van der Waals surface area contributed by atoms with Crippen molar-refractivity contribution in [3.8, 4) is 0 Å². The van der Waals surface area contributed by atoms with Crippen molar-refractivity contribution in [2.75, 3.05) is 34.2 Å². The molecule has 90 valence electrons. The quantitative estimate of drug-likeness (QED) is 0.752. The Balaban J connectivity index is 2.27. The van der Waals surface area contributed by atoms with Gasteiger partial charge in [0, 0.05) is 24.7 Å². The Labute approximate surface area is 94.8 Å². The minimum atomic E-state index is 0.598. The molecule has 3 heteroatoms. The van der Waals surface area contributed by atoms with Crippen molar-refractivity contribution >= 4 is 0 Å². The van der Waals surface area contributed by atoms with E-state index in [9.17, 15) is 0 Å². The Hall–Kier alpha value is -0.120. The first-order valence-electron chi connectivity index (χ1n) is 6.10. The summed E-state index contributed by atoms with van der Waals surface area (Å²) in [6.45, 7) is 6.96. The molecule has 0 radical (unpaired) electrons. The van der Waals surface area contributed by atoms with Crippen LogP contribution in [-0.4, -0.2) is 62.2 Å². The predicted octanol–water partition coefficient (Wildman–Crippen LogP) is 1.01. The largest absolute Gasteiger partial charge is 0.310 e. The monoisotopic (exact) mass is 213 g/mol. The second-order valence-electron chi connectivity index (χ2n) is 5.38. The van der Waals surface area contributed by atoms with E-state index in [2.05, 4.69) is 50.1 Å². The van der Waals surface area contributed by atoms with E-state index in [1.807, 2.05) is 0 Å². The van der Waals surface area contributed by atoms with Gasteiger partial charge in [-0.05, 0) is 54.4 Å². The van der Waals surface area contributed by atoms with Crippen molar-refractivity contribution in [2.24, 2.45) is 0 Å². The molecular weight excluding hydrogens is 186 g/mol. The van der Waals surface area contributed by atoms with Gasteiger partial charge in [0.05, 0.1) is 0 Å². The Morgan fingerprint density at radius 3 is 2.67 bits per heavy atom. The Bertz CT molecular complexity index is 182. The van der Waals surface area contributed by atoms with E-state index in [-0.39, 0.29) is 0 Å². The lowest BCUT2D eigenvalue weighted by Gasteiger charge is -2.37. The fraction of sp³-hybridized carbons (Fsp3) is 1.00. The van der Waals surface area contributed by atoms with E-state index in [1.165, 1.54) is 19.4 Å². The predicted molar refractivity (Wildman–Crippen MR) is 66.3 cm³/mol. The van der Waals surface area contributed by atoms with Crippen molar-refractivity contribution in [1.29, 1.82) is 0 Å². The number of nitrogens with one attached hydrogen (secondary N) is 1. The van der Waals surface area contributed by atoms with Crippen LogP contribution in [0.15, 0.2) is 0 Å². The summed E-state index contributed by atoms with van der Waals surface area (Å²) in [5, 5.41) is 3.73. The van der Waals surface area contributed by atoms with Crippen molar-refractivity contribution < 1.29 is 0 Å². The van der Waals surface area contributed by atoms with Crippen LogP contribution in [0.3, 0.4) is 0 Å². The molecule has 0 aromatic carbocycles. The van der Waals surface area contributed by atoms with Crippen LogP contribution in [0.25, 0.3) is 0 Å². The summed E-state index contributed by atoms with van der Waals surface area (Å²) in [4.78, 5) is 4.70. The second kappa shape index (κ2) is 5.83. The zero-order valence-corrected chi connectivity index (χ0v) is 11.0. The molecule has 0 aromatic heterocycles. The van der Waals surface area contributed by atoms with Gasteiger partial charge in [-0.3, -0.25) is 0 Å². The molecule has 1 N–H and O–H groups in total. The van der Waals surface area contributed by atoms with E-state index in [0.717, 1.165) is 12.6 Å². The summed E-state index contributed by atoms with van der Waals surface area (Å²) in [6, 6.07) is 2.04. The van der Waals surface area contributed by atoms with Crippen LogP contribution < -0.4 is 5.32 Å². The Kier molecular flexibility index (Phi) is 5.03. The number of piperidine rings is 1. The number of rotatable bonds is 4. The van der Waals surface area contributed by atoms with Crippen LogP contribution in [-0.2, 0) is 0 Å². The molecule has 3 atom stereocenters. The number of likely N-dealkylation sites (N-methyl/N-ethyl adjacent to an activating group) is 1. The van der Waals surface area contributed by atoms with Crippen LogP contribution in [0.2, 0.25) is 0 Å². The zero-order chi connectivity index (χ0) is 11.4. The van der Waals surface area contributed by atoms with Gasteiger partial charge in [0.15, 0.2) is 0 Å². The third kappa shape index (κ3) is 4.49. The van der Waals surface area contributed by atoms with Gasteiger partial charge in [0.1, 0.15) is 0 Å². The van der Waals surface area contributed by atoms with Crippen LogP contribution in [0.4, 0.5) is 0 Å². The molecule has 0 aromatic rings. The number of hydrogen-bond donors (Lipinski definition) is 1. The minimum Gasteiger partial charge on any atom is -0.310 e. The molecule has 0 saturated carbocycles. The maximum atomic E-state index is 3.73. The van der Waals surface area contributed by atoms with Crippen LogP contribution in [0.5, 0.6) is 0 Å². The van der Waals surface area contributed by atoms with Gasteiger partial charge in [-0.1, -0.05) is 0 Å². The fourth-order valence-electron chi connectivity index (χ4n) is 2.44. The first kappa shape index (κ1) is 12.9. The maximum Gasteiger partial charge on any atom is 0.0169 e. The first-order valence-corrected chi connectivity index (χ1v) is 6.10. The smallest absolute Gasteiger partial charge is 0.0169 e. The molecule has 0 spiro atoms. The molecule has 1 fully saturated rings. The Morgan fingerprint density at radius 2 is 2.13 bits per heavy atom. The molecule has 3 nitrogen and oxygen atoms in total. The molecule has 1 aliphatic rings. The lowest BCUT2D eigenvalue weighted by Crippen LogP contribution is -2.49. The van der Waals surface area contributed by atoms with Crippen LogP contribution in [0.1, 0.15) is 26.7 Å². The van der Waals surface area contributed by atoms with Gasteiger partial charge < -0.3 is 15.1 Å². The van der Waals surface area contributed by atoms with Gasteiger partial charge in [0.25, 0.3) is 0 Å². The standard InChI is InChI=1S/C12H27N3/c1-10(9-14(3)4)13-12-6-7-15(5)11(2)8-12/h10-13H,6-9H2,1-5H3. The van der Waals surface area contributed by atoms with Crippen molar-refractivity contribution in [2.45, 2.75) is 44.8 Å². The molecule has 3 unspecified atom stereocenters. The third-order valence-electron chi connectivity index (χ3n) is 3.37. The summed E-state index contributed by atoms with van der Waals surface area (Å²) in [5.41, 5.74) is 0. The summed E-state index contributed by atoms with van der Waals surface area (Å²) in [6.07, 6.45) is 2.58. The van der Waals surface area contributed by atoms with Crippen molar-refractivity contribution in [1.82, 2.24) is 15.1 Å². The van der Waals surface area contributed by atoms with Crippen molar-refractivity contribution in [3.63, 3.8) is 0 Å². The maximum absolute atomic E-state index is 3.73. The van der Waals surface area contributed by atoms with E-state index < -0.39 is 0 Å². The molecule has 0 bridgehead atoms. The van der Waals surface area contributed by atoms with E-state index in [0.29, 0.717) is 12.1 Å². The molecule has 1 rings (SSSR count). The lowest BCUT2D eigenvalue weighted by atomic mass is 9.98. The van der Waals surface area contributed by atoms with Gasteiger partial charge in [0.2, 0.25) is 0 Å². The van der Waals surface area contributed by atoms with E-state index >= 15 is 0 Å². The third-order valence-corrected chi connectivity index (χ3v) is 3.37. The molecule has 1 heterocycles. The molecule has 0 amide bonds. The van der Waals surface area contributed by atoms with Crippen LogP contribution in [0, 0.1) is 0 Å². The number of hydrogen-bond acceptors (Lipinski definition) is 3. The highest BCUT2D eigenvalue weighted by molar-refractivity contribution is 4.83. The summed E-state index contributed by atoms with van der Waals surface area (Å²) >= 11 is 0. The normalized spacial score (nSPS) is 30.8.